The van der Waals surface area contributed by atoms with Crippen LogP contribution in [0.4, 0.5) is 0 Å². The molecule has 2 aliphatic heterocycles. The molecule has 4 aliphatic rings. The Morgan fingerprint density at radius 3 is 2.55 bits per heavy atom. The van der Waals surface area contributed by atoms with Crippen molar-refractivity contribution in [1.29, 1.82) is 0 Å². The lowest BCUT2D eigenvalue weighted by atomic mass is 9.73. The van der Waals surface area contributed by atoms with E-state index >= 15 is 0 Å². The van der Waals surface area contributed by atoms with Crippen molar-refractivity contribution in [1.82, 2.24) is 10.2 Å². The minimum absolute atomic E-state index is 0. The first-order valence-corrected chi connectivity index (χ1v) is 9.31. The normalized spacial score (nSPS) is 36.9. The standard InChI is InChI=1S/C18H30N2O.ClH/c21-17(16-12-14-6-2-3-7-15(14)19-16)20-11-10-18(13-20)8-4-1-5-9-18;/h14-16,19H,1-13H2;1H. The van der Waals surface area contributed by atoms with Gasteiger partial charge in [0.25, 0.3) is 0 Å². The minimum atomic E-state index is 0. The molecule has 0 radical (unpaired) electrons. The maximum absolute atomic E-state index is 12.9. The second-order valence-corrected chi connectivity index (χ2v) is 8.18. The number of hydrogen-bond acceptors (Lipinski definition) is 2. The van der Waals surface area contributed by atoms with Crippen molar-refractivity contribution < 1.29 is 4.79 Å². The Labute approximate surface area is 141 Å². The Morgan fingerprint density at radius 1 is 1.00 bits per heavy atom. The van der Waals surface area contributed by atoms with E-state index in [1.807, 2.05) is 0 Å². The van der Waals surface area contributed by atoms with E-state index in [4.69, 9.17) is 0 Å². The molecular weight excluding hydrogens is 296 g/mol. The molecule has 3 nitrogen and oxygen atoms in total. The van der Waals surface area contributed by atoms with E-state index in [2.05, 4.69) is 10.2 Å². The molecule has 22 heavy (non-hydrogen) atoms. The molecule has 1 spiro atoms. The van der Waals surface area contributed by atoms with Gasteiger partial charge in [0.2, 0.25) is 5.91 Å². The molecule has 126 valence electrons. The molecule has 1 N–H and O–H groups in total. The number of fused-ring (bicyclic) bond motifs is 1. The van der Waals surface area contributed by atoms with E-state index in [1.54, 1.807) is 0 Å². The number of carbonyl (C=O) groups is 1. The molecule has 4 heteroatoms. The van der Waals surface area contributed by atoms with Gasteiger partial charge >= 0.3 is 0 Å². The molecule has 2 aliphatic carbocycles. The molecule has 2 saturated carbocycles. The summed E-state index contributed by atoms with van der Waals surface area (Å²) in [6.07, 6.45) is 14.6. The predicted octanol–water partition coefficient (Wildman–Crippen LogP) is 3.51. The number of halogens is 1. The van der Waals surface area contributed by atoms with Crippen molar-refractivity contribution in [3.05, 3.63) is 0 Å². The van der Waals surface area contributed by atoms with Gasteiger partial charge in [-0.2, -0.15) is 0 Å². The van der Waals surface area contributed by atoms with Crippen LogP contribution in [-0.2, 0) is 4.79 Å². The van der Waals surface area contributed by atoms with Crippen molar-refractivity contribution in [2.75, 3.05) is 13.1 Å². The summed E-state index contributed by atoms with van der Waals surface area (Å²) < 4.78 is 0. The summed E-state index contributed by atoms with van der Waals surface area (Å²) in [7, 11) is 0. The minimum Gasteiger partial charge on any atom is -0.341 e. The van der Waals surface area contributed by atoms with Crippen molar-refractivity contribution in [3.63, 3.8) is 0 Å². The Kier molecular flexibility index (Phi) is 5.04. The van der Waals surface area contributed by atoms with E-state index in [9.17, 15) is 4.79 Å². The van der Waals surface area contributed by atoms with E-state index in [1.165, 1.54) is 64.2 Å². The number of rotatable bonds is 1. The molecule has 0 aromatic carbocycles. The van der Waals surface area contributed by atoms with Crippen LogP contribution in [0.5, 0.6) is 0 Å². The van der Waals surface area contributed by atoms with Crippen LogP contribution in [0.25, 0.3) is 0 Å². The summed E-state index contributed by atoms with van der Waals surface area (Å²) in [5.41, 5.74) is 0.499. The highest BCUT2D eigenvalue weighted by Gasteiger charge is 2.44. The zero-order chi connectivity index (χ0) is 14.3. The molecule has 0 bridgehead atoms. The number of likely N-dealkylation sites (tertiary alicyclic amines) is 1. The number of nitrogens with one attached hydrogen (secondary N) is 1. The second-order valence-electron chi connectivity index (χ2n) is 8.18. The highest BCUT2D eigenvalue weighted by atomic mass is 35.5. The molecule has 4 rings (SSSR count). The zero-order valence-corrected chi connectivity index (χ0v) is 14.5. The lowest BCUT2D eigenvalue weighted by molar-refractivity contribution is -0.132. The molecule has 4 fully saturated rings. The zero-order valence-electron chi connectivity index (χ0n) is 13.7. The number of carbonyl (C=O) groups excluding carboxylic acids is 1. The van der Waals surface area contributed by atoms with Crippen LogP contribution in [0.15, 0.2) is 0 Å². The SMILES string of the molecule is Cl.O=C(C1CC2CCCCC2N1)N1CCC2(CCCCC2)C1. The van der Waals surface area contributed by atoms with E-state index < -0.39 is 0 Å². The van der Waals surface area contributed by atoms with Gasteiger partial charge in [0, 0.05) is 19.1 Å². The maximum atomic E-state index is 12.9. The quantitative estimate of drug-likeness (QED) is 0.799. The van der Waals surface area contributed by atoms with Crippen LogP contribution in [0.1, 0.15) is 70.6 Å². The molecule has 3 atom stereocenters. The Morgan fingerprint density at radius 2 is 1.77 bits per heavy atom. The van der Waals surface area contributed by atoms with Gasteiger partial charge in [-0.3, -0.25) is 4.79 Å². The van der Waals surface area contributed by atoms with Crippen LogP contribution in [-0.4, -0.2) is 36.0 Å². The fourth-order valence-corrected chi connectivity index (χ4v) is 5.56. The van der Waals surface area contributed by atoms with E-state index in [-0.39, 0.29) is 18.4 Å². The van der Waals surface area contributed by atoms with E-state index in [0.29, 0.717) is 17.4 Å². The van der Waals surface area contributed by atoms with Crippen LogP contribution in [0.2, 0.25) is 0 Å². The third-order valence-corrected chi connectivity index (χ3v) is 6.83. The van der Waals surface area contributed by atoms with Gasteiger partial charge in [0.1, 0.15) is 0 Å². The summed E-state index contributed by atoms with van der Waals surface area (Å²) in [6, 6.07) is 0.774. The third-order valence-electron chi connectivity index (χ3n) is 6.83. The molecule has 3 unspecified atom stereocenters. The first kappa shape index (κ1) is 16.6. The maximum Gasteiger partial charge on any atom is 0.239 e. The first-order chi connectivity index (χ1) is 10.3. The second kappa shape index (κ2) is 6.68. The summed E-state index contributed by atoms with van der Waals surface area (Å²) in [6.45, 7) is 2.08. The van der Waals surface area contributed by atoms with Crippen LogP contribution in [0, 0.1) is 11.3 Å². The van der Waals surface area contributed by atoms with Gasteiger partial charge in [-0.15, -0.1) is 12.4 Å². The average Bonchev–Trinajstić information content (AvgIpc) is 3.12. The van der Waals surface area contributed by atoms with Gasteiger partial charge in [0.15, 0.2) is 0 Å². The highest BCUT2D eigenvalue weighted by molar-refractivity contribution is 5.85. The number of nitrogens with zero attached hydrogens (tertiary/aromatic N) is 1. The predicted molar refractivity (Wildman–Crippen MR) is 91.2 cm³/mol. The monoisotopic (exact) mass is 326 g/mol. The Balaban J connectivity index is 0.00000144. The molecule has 1 amide bonds. The fraction of sp³-hybridized carbons (Fsp3) is 0.944. The highest BCUT2D eigenvalue weighted by Crippen LogP contribution is 2.44. The summed E-state index contributed by atoms with van der Waals surface area (Å²) in [4.78, 5) is 15.1. The van der Waals surface area contributed by atoms with Crippen LogP contribution in [0.3, 0.4) is 0 Å². The molecule has 0 aromatic rings. The fourth-order valence-electron chi connectivity index (χ4n) is 5.56. The summed E-state index contributed by atoms with van der Waals surface area (Å²) in [5.74, 6) is 1.20. The van der Waals surface area contributed by atoms with Gasteiger partial charge in [0.05, 0.1) is 6.04 Å². The molecule has 2 saturated heterocycles. The molecular formula is C18H31ClN2O. The lowest BCUT2D eigenvalue weighted by Crippen LogP contribution is -2.45. The van der Waals surface area contributed by atoms with Crippen molar-refractivity contribution in [2.45, 2.75) is 82.7 Å². The first-order valence-electron chi connectivity index (χ1n) is 9.31. The third kappa shape index (κ3) is 3.03. The number of amides is 1. The average molecular weight is 327 g/mol. The summed E-state index contributed by atoms with van der Waals surface area (Å²) >= 11 is 0. The van der Waals surface area contributed by atoms with Gasteiger partial charge < -0.3 is 10.2 Å². The summed E-state index contributed by atoms with van der Waals surface area (Å²) in [5, 5.41) is 3.67. The van der Waals surface area contributed by atoms with Crippen LogP contribution >= 0.6 is 12.4 Å². The van der Waals surface area contributed by atoms with Crippen molar-refractivity contribution >= 4 is 18.3 Å². The van der Waals surface area contributed by atoms with Crippen LogP contribution < -0.4 is 5.32 Å². The smallest absolute Gasteiger partial charge is 0.239 e. The van der Waals surface area contributed by atoms with Gasteiger partial charge in [-0.05, 0) is 49.9 Å². The Hall–Kier alpha value is -0.280. The number of hydrogen-bond donors (Lipinski definition) is 1. The van der Waals surface area contributed by atoms with Crippen molar-refractivity contribution in [3.8, 4) is 0 Å². The molecule has 2 heterocycles. The lowest BCUT2D eigenvalue weighted by Gasteiger charge is -2.33. The molecule has 0 aromatic heterocycles. The largest absolute Gasteiger partial charge is 0.341 e. The van der Waals surface area contributed by atoms with E-state index in [0.717, 1.165) is 25.4 Å². The van der Waals surface area contributed by atoms with Gasteiger partial charge in [-0.25, -0.2) is 0 Å². The topological polar surface area (TPSA) is 32.3 Å². The van der Waals surface area contributed by atoms with Crippen molar-refractivity contribution in [2.24, 2.45) is 11.3 Å². The Bertz CT molecular complexity index is 394. The van der Waals surface area contributed by atoms with Gasteiger partial charge in [-0.1, -0.05) is 32.1 Å².